The van der Waals surface area contributed by atoms with Crippen molar-refractivity contribution in [3.8, 4) is 0 Å². The quantitative estimate of drug-likeness (QED) is 0.242. The second kappa shape index (κ2) is 13.9. The third-order valence-corrected chi connectivity index (χ3v) is 9.81. The number of hydrogen-bond acceptors (Lipinski definition) is 10. The zero-order valence-electron chi connectivity index (χ0n) is 21.1. The molecule has 1 fully saturated rings. The van der Waals surface area contributed by atoms with Gasteiger partial charge in [-0.3, -0.25) is 4.79 Å². The van der Waals surface area contributed by atoms with Crippen LogP contribution in [0, 0.1) is 11.6 Å². The molecule has 5 rings (SSSR count). The number of halogens is 4. The van der Waals surface area contributed by atoms with E-state index in [1.165, 1.54) is 34.4 Å². The van der Waals surface area contributed by atoms with E-state index in [9.17, 15) is 22.0 Å². The highest BCUT2D eigenvalue weighted by Gasteiger charge is 2.31. The smallest absolute Gasteiger partial charge is 0.244 e. The molecular formula is C25H24Cl2F2N6O3S3. The second-order valence-corrected chi connectivity index (χ2v) is 12.6. The Kier molecular flexibility index (Phi) is 11.0. The van der Waals surface area contributed by atoms with Crippen molar-refractivity contribution in [2.45, 2.75) is 33.8 Å². The largest absolute Gasteiger partial charge is 0.382 e. The summed E-state index contributed by atoms with van der Waals surface area (Å²) in [5, 5.41) is 4.87. The van der Waals surface area contributed by atoms with Crippen molar-refractivity contribution in [2.75, 3.05) is 24.1 Å². The Morgan fingerprint density at radius 2 is 1.68 bits per heavy atom. The van der Waals surface area contributed by atoms with Crippen molar-refractivity contribution in [1.29, 1.82) is 0 Å². The van der Waals surface area contributed by atoms with Gasteiger partial charge >= 0.3 is 0 Å². The van der Waals surface area contributed by atoms with E-state index < -0.39 is 33.0 Å². The number of nitrogens with zero attached hydrogens (tertiary/aromatic N) is 4. The number of hydrogen-bond donors (Lipinski definition) is 2. The molecule has 1 saturated heterocycles. The van der Waals surface area contributed by atoms with Crippen LogP contribution in [0.25, 0.3) is 0 Å². The van der Waals surface area contributed by atoms with Crippen LogP contribution >= 0.6 is 47.9 Å². The number of thiazole rings is 1. The zero-order chi connectivity index (χ0) is 27.6. The number of nitrogens with one attached hydrogen (secondary N) is 1. The van der Waals surface area contributed by atoms with Crippen molar-refractivity contribution in [1.82, 2.24) is 19.3 Å². The molecule has 4 heterocycles. The maximum absolute atomic E-state index is 14.1. The van der Waals surface area contributed by atoms with E-state index in [2.05, 4.69) is 20.3 Å². The number of aromatic nitrogens is 3. The molecule has 41 heavy (non-hydrogen) atoms. The number of nitrogen functional groups attached to an aromatic ring is 1. The molecule has 0 atom stereocenters. The Morgan fingerprint density at radius 3 is 2.29 bits per heavy atom. The van der Waals surface area contributed by atoms with Gasteiger partial charge in [0.05, 0.1) is 5.56 Å². The highest BCUT2D eigenvalue weighted by molar-refractivity contribution is 7.99. The summed E-state index contributed by atoms with van der Waals surface area (Å²) in [5.41, 5.74) is 5.19. The average molecular weight is 662 g/mol. The Balaban J connectivity index is 0.00000231. The lowest BCUT2D eigenvalue weighted by Crippen LogP contribution is -2.42. The van der Waals surface area contributed by atoms with Crippen LogP contribution in [0.5, 0.6) is 0 Å². The highest BCUT2D eigenvalue weighted by Crippen LogP contribution is 2.31. The highest BCUT2D eigenvalue weighted by atomic mass is 35.5. The molecule has 9 nitrogen and oxygen atoms in total. The SMILES string of the molecule is Cl.Cl.Nc1nc(NC2CCN(S(=O)(=O)c3ccc(Sc4ccccn4)nc3)CC2)sc1C(=O)c1c(F)cccc1F. The second-order valence-electron chi connectivity index (χ2n) is 8.58. The number of ketones is 1. The number of piperidine rings is 1. The van der Waals surface area contributed by atoms with Gasteiger partial charge in [0.2, 0.25) is 15.8 Å². The molecular weight excluding hydrogens is 637 g/mol. The molecule has 0 bridgehead atoms. The summed E-state index contributed by atoms with van der Waals surface area (Å²) in [4.78, 5) is 25.4. The van der Waals surface area contributed by atoms with Gasteiger partial charge in [0.15, 0.2) is 5.13 Å². The molecule has 1 aromatic carbocycles. The predicted octanol–water partition coefficient (Wildman–Crippen LogP) is 5.28. The number of carbonyl (C=O) groups excluding carboxylic acids is 1. The standard InChI is InChI=1S/C25H22F2N6O3S3.2ClH/c26-17-4-3-5-18(27)21(17)22(34)23-24(28)32-25(38-23)31-15-9-12-33(13-10-15)39(35,36)16-7-8-20(30-14-16)37-19-6-1-2-11-29-19;;/h1-8,11,14-15H,9-10,12-13,28H2,(H,31,32);2*1H. The summed E-state index contributed by atoms with van der Waals surface area (Å²) < 4.78 is 55.8. The molecule has 0 aliphatic carbocycles. The Bertz CT molecular complexity index is 1580. The fourth-order valence-electron chi connectivity index (χ4n) is 4.04. The minimum Gasteiger partial charge on any atom is -0.382 e. The van der Waals surface area contributed by atoms with Gasteiger partial charge in [0.25, 0.3) is 0 Å². The maximum Gasteiger partial charge on any atom is 0.244 e. The minimum absolute atomic E-state index is 0. The van der Waals surface area contributed by atoms with Crippen LogP contribution in [-0.2, 0) is 10.0 Å². The zero-order valence-corrected chi connectivity index (χ0v) is 25.1. The van der Waals surface area contributed by atoms with Crippen molar-refractivity contribution < 1.29 is 22.0 Å². The summed E-state index contributed by atoms with van der Waals surface area (Å²) in [6.45, 7) is 0.523. The topological polar surface area (TPSA) is 131 Å². The number of benzene rings is 1. The van der Waals surface area contributed by atoms with E-state index in [0.29, 0.717) is 23.0 Å². The number of anilines is 2. The fraction of sp³-hybridized carbons (Fsp3) is 0.200. The molecule has 16 heteroatoms. The van der Waals surface area contributed by atoms with Crippen molar-refractivity contribution in [3.05, 3.63) is 83.0 Å². The first-order valence-corrected chi connectivity index (χ1v) is 14.9. The number of rotatable bonds is 8. The minimum atomic E-state index is -3.73. The molecule has 218 valence electrons. The van der Waals surface area contributed by atoms with Gasteiger partial charge in [0.1, 0.15) is 37.3 Å². The molecule has 0 spiro atoms. The molecule has 0 saturated carbocycles. The molecule has 0 unspecified atom stereocenters. The summed E-state index contributed by atoms with van der Waals surface area (Å²) >= 11 is 2.24. The Morgan fingerprint density at radius 1 is 1.00 bits per heavy atom. The lowest BCUT2D eigenvalue weighted by Gasteiger charge is -2.31. The van der Waals surface area contributed by atoms with Gasteiger partial charge in [0, 0.05) is 31.5 Å². The molecule has 3 aromatic heterocycles. The van der Waals surface area contributed by atoms with Crippen molar-refractivity contribution >= 4 is 74.7 Å². The number of nitrogens with two attached hydrogens (primary N) is 1. The Labute approximate surface area is 255 Å². The van der Waals surface area contributed by atoms with Crippen LogP contribution in [0.3, 0.4) is 0 Å². The normalized spacial score (nSPS) is 14.1. The predicted molar refractivity (Wildman–Crippen MR) is 159 cm³/mol. The van der Waals surface area contributed by atoms with Gasteiger partial charge in [-0.25, -0.2) is 32.2 Å². The van der Waals surface area contributed by atoms with E-state index in [4.69, 9.17) is 5.73 Å². The first-order valence-electron chi connectivity index (χ1n) is 11.8. The summed E-state index contributed by atoms with van der Waals surface area (Å²) in [6, 6.07) is 11.7. The van der Waals surface area contributed by atoms with Crippen molar-refractivity contribution in [3.63, 3.8) is 0 Å². The molecule has 1 aliphatic heterocycles. The third-order valence-electron chi connectivity index (χ3n) is 6.02. The first kappa shape index (κ1) is 32.6. The molecule has 0 radical (unpaired) electrons. The number of pyridine rings is 2. The van der Waals surface area contributed by atoms with Gasteiger partial charge < -0.3 is 11.1 Å². The molecule has 3 N–H and O–H groups in total. The van der Waals surface area contributed by atoms with Crippen LogP contribution in [-0.4, -0.2) is 52.6 Å². The number of sulfonamides is 1. The monoisotopic (exact) mass is 660 g/mol. The van der Waals surface area contributed by atoms with Gasteiger partial charge in [-0.2, -0.15) is 4.31 Å². The van der Waals surface area contributed by atoms with Gasteiger partial charge in [-0.1, -0.05) is 35.2 Å². The number of carbonyl (C=O) groups is 1. The van der Waals surface area contributed by atoms with Gasteiger partial charge in [-0.15, -0.1) is 24.8 Å². The van der Waals surface area contributed by atoms with E-state index in [-0.39, 0.29) is 59.5 Å². The van der Waals surface area contributed by atoms with Crippen LogP contribution in [0.2, 0.25) is 0 Å². The van der Waals surface area contributed by atoms with Crippen LogP contribution in [0.15, 0.2) is 75.9 Å². The van der Waals surface area contributed by atoms with Crippen LogP contribution in [0.1, 0.15) is 28.1 Å². The molecule has 1 aliphatic rings. The summed E-state index contributed by atoms with van der Waals surface area (Å²) in [7, 11) is -3.73. The first-order chi connectivity index (χ1) is 18.7. The van der Waals surface area contributed by atoms with E-state index in [1.54, 1.807) is 12.3 Å². The average Bonchev–Trinajstić information content (AvgIpc) is 3.29. The van der Waals surface area contributed by atoms with Crippen molar-refractivity contribution in [2.24, 2.45) is 0 Å². The third kappa shape index (κ3) is 7.31. The lowest BCUT2D eigenvalue weighted by atomic mass is 10.1. The lowest BCUT2D eigenvalue weighted by molar-refractivity contribution is 0.103. The van der Waals surface area contributed by atoms with E-state index in [0.717, 1.165) is 28.5 Å². The van der Waals surface area contributed by atoms with E-state index in [1.807, 2.05) is 18.2 Å². The van der Waals surface area contributed by atoms with E-state index >= 15 is 0 Å². The van der Waals surface area contributed by atoms with Crippen LogP contribution < -0.4 is 11.1 Å². The van der Waals surface area contributed by atoms with Gasteiger partial charge in [-0.05, 0) is 49.2 Å². The Hall–Kier alpha value is -2.88. The summed E-state index contributed by atoms with van der Waals surface area (Å²) in [6.07, 6.45) is 3.98. The molecule has 0 amide bonds. The summed E-state index contributed by atoms with van der Waals surface area (Å²) in [5.74, 6) is -2.97. The molecule has 4 aromatic rings. The fourth-order valence-corrected chi connectivity index (χ4v) is 7.08. The maximum atomic E-state index is 14.1. The van der Waals surface area contributed by atoms with Crippen LogP contribution in [0.4, 0.5) is 19.7 Å².